The third kappa shape index (κ3) is 4.75. The molecule has 1 aromatic carbocycles. The Morgan fingerprint density at radius 1 is 1.17 bits per heavy atom. The van der Waals surface area contributed by atoms with Gasteiger partial charge >= 0.3 is 6.18 Å². The smallest absolute Gasteiger partial charge is 0.334 e. The maximum atomic E-state index is 14.4. The van der Waals surface area contributed by atoms with Crippen LogP contribution in [0.25, 0.3) is 22.4 Å². The standard InChI is InChI=1S/C23H23F4N5O2S/c1-13-8-20-17(9-19(13)24)18(10-28)21(32(20)15-6-4-3-5-7-15)22-29-11-16(12-30-22)35(33,34)31-14(2)23(25,26)27/h8-9,11-12,14-15,31H,3-7H2,1-2H3. The summed E-state index contributed by atoms with van der Waals surface area (Å²) in [6.07, 6.45) is 1.76. The van der Waals surface area contributed by atoms with Crippen LogP contribution in [0.2, 0.25) is 0 Å². The lowest BCUT2D eigenvalue weighted by molar-refractivity contribution is -0.147. The zero-order chi connectivity index (χ0) is 25.5. The number of halogens is 4. The number of aryl methyl sites for hydroxylation is 1. The Morgan fingerprint density at radius 3 is 2.37 bits per heavy atom. The summed E-state index contributed by atoms with van der Waals surface area (Å²) >= 11 is 0. The second-order valence-electron chi connectivity index (χ2n) is 8.74. The molecule has 0 amide bonds. The number of benzene rings is 1. The first-order valence-electron chi connectivity index (χ1n) is 11.1. The van der Waals surface area contributed by atoms with Gasteiger partial charge in [-0.05, 0) is 44.4 Å². The van der Waals surface area contributed by atoms with Gasteiger partial charge in [-0.25, -0.2) is 22.8 Å². The molecular weight excluding hydrogens is 486 g/mol. The van der Waals surface area contributed by atoms with E-state index in [0.29, 0.717) is 29.1 Å². The molecule has 2 heterocycles. The van der Waals surface area contributed by atoms with E-state index in [1.165, 1.54) is 6.07 Å². The van der Waals surface area contributed by atoms with Crippen molar-refractivity contribution in [3.8, 4) is 17.6 Å². The number of nitriles is 1. The Kier molecular flexibility index (Phi) is 6.59. The highest BCUT2D eigenvalue weighted by Gasteiger charge is 2.39. The van der Waals surface area contributed by atoms with Gasteiger partial charge in [-0.3, -0.25) is 0 Å². The second-order valence-corrected chi connectivity index (χ2v) is 10.5. The lowest BCUT2D eigenvalue weighted by Gasteiger charge is -2.26. The quantitative estimate of drug-likeness (QED) is 0.480. The van der Waals surface area contributed by atoms with Crippen molar-refractivity contribution in [2.24, 2.45) is 0 Å². The summed E-state index contributed by atoms with van der Waals surface area (Å²) in [4.78, 5) is 7.68. The summed E-state index contributed by atoms with van der Waals surface area (Å²) in [7, 11) is -4.54. The Balaban J connectivity index is 1.84. The number of rotatable bonds is 5. The molecule has 7 nitrogen and oxygen atoms in total. The van der Waals surface area contributed by atoms with Gasteiger partial charge < -0.3 is 4.57 Å². The Hall–Kier alpha value is -3.04. The highest BCUT2D eigenvalue weighted by molar-refractivity contribution is 7.89. The normalized spacial score (nSPS) is 16.4. The molecule has 1 saturated carbocycles. The molecule has 186 valence electrons. The minimum atomic E-state index is -4.76. The van der Waals surface area contributed by atoms with Crippen molar-refractivity contribution >= 4 is 20.9 Å². The molecule has 1 atom stereocenters. The monoisotopic (exact) mass is 509 g/mol. The minimum absolute atomic E-state index is 0.00882. The van der Waals surface area contributed by atoms with E-state index in [2.05, 4.69) is 16.0 Å². The van der Waals surface area contributed by atoms with Crippen molar-refractivity contribution in [3.63, 3.8) is 0 Å². The molecule has 1 unspecified atom stereocenters. The molecule has 0 spiro atoms. The molecule has 1 aliphatic rings. The molecule has 2 aromatic heterocycles. The first-order valence-corrected chi connectivity index (χ1v) is 12.6. The van der Waals surface area contributed by atoms with E-state index >= 15 is 0 Å². The van der Waals surface area contributed by atoms with Crippen LogP contribution in [0, 0.1) is 24.1 Å². The van der Waals surface area contributed by atoms with E-state index in [4.69, 9.17) is 0 Å². The summed E-state index contributed by atoms with van der Waals surface area (Å²) in [5.41, 5.74) is 1.56. The Labute approximate surface area is 199 Å². The van der Waals surface area contributed by atoms with Crippen LogP contribution in [-0.4, -0.2) is 35.2 Å². The molecule has 1 N–H and O–H groups in total. The average Bonchev–Trinajstić information content (AvgIpc) is 3.12. The number of nitrogens with one attached hydrogen (secondary N) is 1. The molecule has 1 fully saturated rings. The van der Waals surface area contributed by atoms with Gasteiger partial charge in [0.1, 0.15) is 28.5 Å². The van der Waals surface area contributed by atoms with E-state index < -0.39 is 33.0 Å². The van der Waals surface area contributed by atoms with E-state index in [1.54, 1.807) is 17.7 Å². The maximum absolute atomic E-state index is 14.4. The van der Waals surface area contributed by atoms with E-state index in [1.807, 2.05) is 4.57 Å². The van der Waals surface area contributed by atoms with Crippen molar-refractivity contribution in [2.45, 2.75) is 69.1 Å². The summed E-state index contributed by atoms with van der Waals surface area (Å²) in [6.45, 7) is 2.32. The van der Waals surface area contributed by atoms with E-state index in [0.717, 1.165) is 44.5 Å². The third-order valence-electron chi connectivity index (χ3n) is 6.31. The van der Waals surface area contributed by atoms with Gasteiger partial charge in [0.15, 0.2) is 5.82 Å². The first kappa shape index (κ1) is 25.1. The predicted molar refractivity (Wildman–Crippen MR) is 120 cm³/mol. The van der Waals surface area contributed by atoms with Gasteiger partial charge in [0.25, 0.3) is 0 Å². The first-order chi connectivity index (χ1) is 16.4. The fraction of sp³-hybridized carbons (Fsp3) is 0.435. The molecule has 3 aromatic rings. The summed E-state index contributed by atoms with van der Waals surface area (Å²) in [6, 6.07) is 2.79. The second kappa shape index (κ2) is 9.20. The topological polar surface area (TPSA) is 101 Å². The lowest BCUT2D eigenvalue weighted by atomic mass is 9.95. The van der Waals surface area contributed by atoms with Crippen LogP contribution in [0.1, 0.15) is 56.2 Å². The van der Waals surface area contributed by atoms with Crippen molar-refractivity contribution < 1.29 is 26.0 Å². The molecule has 1 aliphatic carbocycles. The molecule has 0 saturated heterocycles. The number of fused-ring (bicyclic) bond motifs is 1. The largest absolute Gasteiger partial charge is 0.404 e. The summed E-state index contributed by atoms with van der Waals surface area (Å²) < 4.78 is 81.2. The van der Waals surface area contributed by atoms with Crippen LogP contribution in [0.4, 0.5) is 17.6 Å². The zero-order valence-electron chi connectivity index (χ0n) is 19.0. The van der Waals surface area contributed by atoms with E-state index in [9.17, 15) is 31.2 Å². The highest BCUT2D eigenvalue weighted by Crippen LogP contribution is 2.40. The SMILES string of the molecule is Cc1cc2c(cc1F)c(C#N)c(-c1ncc(S(=O)(=O)NC(C)C(F)(F)F)cn1)n2C1CCCCC1. The van der Waals surface area contributed by atoms with Crippen LogP contribution < -0.4 is 4.72 Å². The average molecular weight is 510 g/mol. The van der Waals surface area contributed by atoms with Crippen LogP contribution >= 0.6 is 0 Å². The molecule has 4 rings (SSSR count). The van der Waals surface area contributed by atoms with Crippen molar-refractivity contribution in [1.29, 1.82) is 5.26 Å². The van der Waals surface area contributed by atoms with Crippen LogP contribution in [0.3, 0.4) is 0 Å². The van der Waals surface area contributed by atoms with Gasteiger partial charge in [-0.2, -0.15) is 23.2 Å². The number of hydrogen-bond donors (Lipinski definition) is 1. The molecule has 0 radical (unpaired) electrons. The summed E-state index contributed by atoms with van der Waals surface area (Å²) in [5.74, 6) is -0.433. The lowest BCUT2D eigenvalue weighted by Crippen LogP contribution is -2.43. The molecule has 12 heteroatoms. The van der Waals surface area contributed by atoms with Gasteiger partial charge in [0, 0.05) is 11.4 Å². The van der Waals surface area contributed by atoms with Gasteiger partial charge in [0.05, 0.1) is 23.5 Å². The Morgan fingerprint density at radius 2 is 1.80 bits per heavy atom. The van der Waals surface area contributed by atoms with Crippen LogP contribution in [-0.2, 0) is 10.0 Å². The number of aromatic nitrogens is 3. The molecule has 0 aliphatic heterocycles. The molecule has 0 bridgehead atoms. The minimum Gasteiger partial charge on any atom is -0.334 e. The van der Waals surface area contributed by atoms with Crippen LogP contribution in [0.5, 0.6) is 0 Å². The number of sulfonamides is 1. The number of hydrogen-bond acceptors (Lipinski definition) is 5. The summed E-state index contributed by atoms with van der Waals surface area (Å²) in [5, 5.41) is 10.4. The highest BCUT2D eigenvalue weighted by atomic mass is 32.2. The fourth-order valence-electron chi connectivity index (χ4n) is 4.43. The van der Waals surface area contributed by atoms with E-state index in [-0.39, 0.29) is 17.4 Å². The molecular formula is C23H23F4N5O2S. The third-order valence-corrected chi connectivity index (χ3v) is 7.80. The van der Waals surface area contributed by atoms with Gasteiger partial charge in [-0.1, -0.05) is 19.3 Å². The van der Waals surface area contributed by atoms with Crippen molar-refractivity contribution in [2.75, 3.05) is 0 Å². The van der Waals surface area contributed by atoms with Gasteiger partial charge in [0.2, 0.25) is 10.0 Å². The van der Waals surface area contributed by atoms with Crippen molar-refractivity contribution in [1.82, 2.24) is 19.3 Å². The number of alkyl halides is 3. The maximum Gasteiger partial charge on any atom is 0.404 e. The molecule has 35 heavy (non-hydrogen) atoms. The predicted octanol–water partition coefficient (Wildman–Crippen LogP) is 5.15. The zero-order valence-corrected chi connectivity index (χ0v) is 19.8. The number of nitrogens with zero attached hydrogens (tertiary/aromatic N) is 4. The fourth-order valence-corrected chi connectivity index (χ4v) is 5.55. The van der Waals surface area contributed by atoms with Crippen molar-refractivity contribution in [3.05, 3.63) is 41.5 Å². The van der Waals surface area contributed by atoms with Gasteiger partial charge in [-0.15, -0.1) is 0 Å². The van der Waals surface area contributed by atoms with Crippen LogP contribution in [0.15, 0.2) is 29.4 Å². The Bertz CT molecular complexity index is 1400.